The van der Waals surface area contributed by atoms with Crippen molar-refractivity contribution in [2.75, 3.05) is 28.4 Å². The van der Waals surface area contributed by atoms with E-state index < -0.39 is 17.9 Å². The van der Waals surface area contributed by atoms with Crippen LogP contribution < -0.4 is 18.9 Å². The van der Waals surface area contributed by atoms with E-state index in [4.69, 9.17) is 24.1 Å². The highest BCUT2D eigenvalue weighted by Crippen LogP contribution is 2.41. The Hall–Kier alpha value is -3.75. The molecule has 170 valence electrons. The van der Waals surface area contributed by atoms with Gasteiger partial charge in [0.25, 0.3) is 0 Å². The van der Waals surface area contributed by atoms with Crippen LogP contribution in [0, 0.1) is 0 Å². The van der Waals surface area contributed by atoms with Gasteiger partial charge >= 0.3 is 5.97 Å². The lowest BCUT2D eigenvalue weighted by Gasteiger charge is -2.24. The van der Waals surface area contributed by atoms with Gasteiger partial charge in [0.1, 0.15) is 23.0 Å². The normalized spacial score (nSPS) is 15.2. The van der Waals surface area contributed by atoms with Crippen molar-refractivity contribution in [3.63, 3.8) is 0 Å². The Labute approximate surface area is 186 Å². The highest BCUT2D eigenvalue weighted by molar-refractivity contribution is 6.05. The highest BCUT2D eigenvalue weighted by Gasteiger charge is 2.36. The largest absolute Gasteiger partial charge is 0.497 e. The summed E-state index contributed by atoms with van der Waals surface area (Å²) >= 11 is 0. The van der Waals surface area contributed by atoms with Crippen LogP contribution >= 0.6 is 0 Å². The predicted octanol–water partition coefficient (Wildman–Crippen LogP) is 3.26. The van der Waals surface area contributed by atoms with Gasteiger partial charge in [-0.25, -0.2) is 5.01 Å². The summed E-state index contributed by atoms with van der Waals surface area (Å²) in [6.07, 6.45) is -0.0966. The topological polar surface area (TPSA) is 107 Å². The van der Waals surface area contributed by atoms with Crippen LogP contribution in [0.1, 0.15) is 36.4 Å². The molecule has 1 amide bonds. The van der Waals surface area contributed by atoms with Gasteiger partial charge in [-0.2, -0.15) is 5.10 Å². The molecule has 0 radical (unpaired) electrons. The van der Waals surface area contributed by atoms with Gasteiger partial charge in [-0.1, -0.05) is 0 Å². The molecule has 0 saturated carbocycles. The van der Waals surface area contributed by atoms with Gasteiger partial charge < -0.3 is 24.1 Å². The van der Waals surface area contributed by atoms with Crippen molar-refractivity contribution in [2.45, 2.75) is 25.3 Å². The summed E-state index contributed by atoms with van der Waals surface area (Å²) in [5, 5.41) is 14.9. The minimum atomic E-state index is -1.05. The van der Waals surface area contributed by atoms with Gasteiger partial charge in [0.2, 0.25) is 5.91 Å². The fourth-order valence-electron chi connectivity index (χ4n) is 3.61. The number of nitrogens with zero attached hydrogens (tertiary/aromatic N) is 2. The minimum Gasteiger partial charge on any atom is -0.497 e. The number of aliphatic carboxylic acids is 1. The first-order valence-corrected chi connectivity index (χ1v) is 9.97. The molecule has 0 bridgehead atoms. The van der Waals surface area contributed by atoms with Crippen LogP contribution in [0.2, 0.25) is 0 Å². The van der Waals surface area contributed by atoms with E-state index >= 15 is 0 Å². The van der Waals surface area contributed by atoms with Crippen LogP contribution in [0.4, 0.5) is 0 Å². The van der Waals surface area contributed by atoms with Gasteiger partial charge in [-0.05, 0) is 36.4 Å². The number of carbonyl (C=O) groups excluding carboxylic acids is 1. The quantitative estimate of drug-likeness (QED) is 0.635. The average molecular weight is 442 g/mol. The van der Waals surface area contributed by atoms with E-state index in [0.717, 1.165) is 0 Å². The number of hydrogen-bond donors (Lipinski definition) is 1. The van der Waals surface area contributed by atoms with Gasteiger partial charge in [0.05, 0.1) is 46.6 Å². The van der Waals surface area contributed by atoms with Crippen molar-refractivity contribution in [3.05, 3.63) is 47.5 Å². The molecule has 1 heterocycles. The molecular weight excluding hydrogens is 416 g/mol. The molecule has 0 aliphatic carbocycles. The maximum absolute atomic E-state index is 13.0. The predicted molar refractivity (Wildman–Crippen MR) is 117 cm³/mol. The van der Waals surface area contributed by atoms with Gasteiger partial charge in [0.15, 0.2) is 0 Å². The number of hydrogen-bond acceptors (Lipinski definition) is 7. The third-order valence-corrected chi connectivity index (χ3v) is 5.23. The first-order valence-electron chi connectivity index (χ1n) is 9.97. The number of hydrazone groups is 1. The van der Waals surface area contributed by atoms with Crippen LogP contribution in [0.5, 0.6) is 23.0 Å². The second-order valence-electron chi connectivity index (χ2n) is 7.07. The maximum Gasteiger partial charge on any atom is 0.303 e. The van der Waals surface area contributed by atoms with Crippen LogP contribution in [-0.2, 0) is 9.59 Å². The highest BCUT2D eigenvalue weighted by atomic mass is 16.5. The third-order valence-electron chi connectivity index (χ3n) is 5.23. The number of rotatable bonds is 9. The lowest BCUT2D eigenvalue weighted by atomic mass is 9.96. The summed E-state index contributed by atoms with van der Waals surface area (Å²) in [5.74, 6) is 0.924. The smallest absolute Gasteiger partial charge is 0.303 e. The Kier molecular flexibility index (Phi) is 7.19. The second-order valence-corrected chi connectivity index (χ2v) is 7.07. The summed E-state index contributed by atoms with van der Waals surface area (Å²) in [5.41, 5.74) is 2.00. The summed E-state index contributed by atoms with van der Waals surface area (Å²) in [7, 11) is 6.22. The lowest BCUT2D eigenvalue weighted by molar-refractivity contribution is -0.141. The van der Waals surface area contributed by atoms with E-state index in [-0.39, 0.29) is 12.8 Å². The summed E-state index contributed by atoms with van der Waals surface area (Å²) in [4.78, 5) is 24.0. The van der Waals surface area contributed by atoms with E-state index in [1.54, 1.807) is 64.8 Å². The molecule has 0 spiro atoms. The molecule has 32 heavy (non-hydrogen) atoms. The standard InChI is InChI=1S/C23H26N2O7/c1-29-14-5-7-20(31-3)16(11-14)18-13-19(25(24-18)22(26)9-10-23(27)28)17-12-15(30-2)6-8-21(17)32-4/h5-8,11-12,19H,9-10,13H2,1-4H3,(H,27,28). The molecule has 0 aromatic heterocycles. The van der Waals surface area contributed by atoms with Crippen molar-refractivity contribution in [2.24, 2.45) is 5.10 Å². The number of ether oxygens (including phenoxy) is 4. The third kappa shape index (κ3) is 4.77. The van der Waals surface area contributed by atoms with Gasteiger partial charge in [-0.3, -0.25) is 9.59 Å². The lowest BCUT2D eigenvalue weighted by Crippen LogP contribution is -2.27. The van der Waals surface area contributed by atoms with Crippen LogP contribution in [0.3, 0.4) is 0 Å². The van der Waals surface area contributed by atoms with Crippen LogP contribution in [0.15, 0.2) is 41.5 Å². The number of methoxy groups -OCH3 is 4. The monoisotopic (exact) mass is 442 g/mol. The molecule has 0 saturated heterocycles. The van der Waals surface area contributed by atoms with E-state index in [0.29, 0.717) is 46.3 Å². The SMILES string of the molecule is COc1ccc(OC)c(C2=NN(C(=O)CCC(=O)O)C(c3cc(OC)ccc3OC)C2)c1. The number of amides is 1. The summed E-state index contributed by atoms with van der Waals surface area (Å²) in [6, 6.07) is 10.2. The molecule has 2 aromatic carbocycles. The Balaban J connectivity index is 2.07. The molecule has 2 aromatic rings. The number of carbonyl (C=O) groups is 2. The zero-order valence-corrected chi connectivity index (χ0v) is 18.5. The van der Waals surface area contributed by atoms with Crippen molar-refractivity contribution < 1.29 is 33.6 Å². The van der Waals surface area contributed by atoms with Crippen LogP contribution in [0.25, 0.3) is 0 Å². The first-order chi connectivity index (χ1) is 15.4. The molecular formula is C23H26N2O7. The van der Waals surface area contributed by atoms with E-state index in [1.165, 1.54) is 5.01 Å². The van der Waals surface area contributed by atoms with E-state index in [2.05, 4.69) is 5.10 Å². The zero-order chi connectivity index (χ0) is 23.3. The molecule has 9 nitrogen and oxygen atoms in total. The molecule has 1 unspecified atom stereocenters. The zero-order valence-electron chi connectivity index (χ0n) is 18.5. The van der Waals surface area contributed by atoms with E-state index in [9.17, 15) is 9.59 Å². The number of carboxylic acids is 1. The van der Waals surface area contributed by atoms with E-state index in [1.807, 2.05) is 0 Å². The average Bonchev–Trinajstić information content (AvgIpc) is 3.26. The molecule has 1 aliphatic heterocycles. The molecule has 1 aliphatic rings. The molecule has 1 N–H and O–H groups in total. The van der Waals surface area contributed by atoms with Gasteiger partial charge in [0, 0.05) is 24.0 Å². The Morgan fingerprint density at radius 1 is 0.938 bits per heavy atom. The van der Waals surface area contributed by atoms with Crippen molar-refractivity contribution in [3.8, 4) is 23.0 Å². The fraction of sp³-hybridized carbons (Fsp3) is 0.348. The number of benzene rings is 2. The molecule has 3 rings (SSSR count). The Morgan fingerprint density at radius 2 is 1.56 bits per heavy atom. The first kappa shape index (κ1) is 22.9. The van der Waals surface area contributed by atoms with Crippen molar-refractivity contribution in [1.82, 2.24) is 5.01 Å². The number of carboxylic acid groups (broad SMARTS) is 1. The summed E-state index contributed by atoms with van der Waals surface area (Å²) in [6.45, 7) is 0. The van der Waals surface area contributed by atoms with Gasteiger partial charge in [-0.15, -0.1) is 0 Å². The molecule has 0 fully saturated rings. The summed E-state index contributed by atoms with van der Waals surface area (Å²) < 4.78 is 21.7. The second kappa shape index (κ2) is 10.0. The molecule has 9 heteroatoms. The maximum atomic E-state index is 13.0. The Bertz CT molecular complexity index is 1040. The molecule has 1 atom stereocenters. The minimum absolute atomic E-state index is 0.176. The van der Waals surface area contributed by atoms with Crippen molar-refractivity contribution >= 4 is 17.6 Å². The van der Waals surface area contributed by atoms with Crippen LogP contribution in [-0.4, -0.2) is 56.1 Å². The fourth-order valence-corrected chi connectivity index (χ4v) is 3.61. The van der Waals surface area contributed by atoms with Crippen molar-refractivity contribution in [1.29, 1.82) is 0 Å². The Morgan fingerprint density at radius 3 is 2.16 bits per heavy atom.